The summed E-state index contributed by atoms with van der Waals surface area (Å²) in [6.07, 6.45) is 3.98. The molecule has 2 aromatic rings. The van der Waals surface area contributed by atoms with Gasteiger partial charge in [-0.15, -0.1) is 0 Å². The minimum atomic E-state index is 0. The normalized spacial score (nSPS) is 9.24. The predicted octanol–water partition coefficient (Wildman–Crippen LogP) is -0.697. The van der Waals surface area contributed by atoms with Gasteiger partial charge in [0.1, 0.15) is 17.7 Å². The number of aryl methyl sites for hydroxylation is 1. The number of rotatable bonds is 2. The molecule has 0 atom stereocenters. The lowest BCUT2D eigenvalue weighted by molar-refractivity contribution is -0.670. The van der Waals surface area contributed by atoms with E-state index < -0.39 is 0 Å². The third-order valence-corrected chi connectivity index (χ3v) is 2.57. The SMILES string of the molecule is C[n+]1cccc(NC(=S)c2ccccc2)c1.[I-]. The van der Waals surface area contributed by atoms with Crippen molar-refractivity contribution in [3.05, 3.63) is 60.4 Å². The van der Waals surface area contributed by atoms with Gasteiger partial charge in [-0.2, -0.15) is 0 Å². The molecule has 0 spiro atoms. The summed E-state index contributed by atoms with van der Waals surface area (Å²) >= 11 is 5.33. The average molecular weight is 356 g/mol. The van der Waals surface area contributed by atoms with Crippen molar-refractivity contribution in [2.75, 3.05) is 5.32 Å². The van der Waals surface area contributed by atoms with Gasteiger partial charge in [0.15, 0.2) is 12.4 Å². The summed E-state index contributed by atoms with van der Waals surface area (Å²) in [5, 5.41) is 3.21. The molecule has 1 aromatic heterocycles. The third-order valence-electron chi connectivity index (χ3n) is 2.23. The number of thiocarbonyl (C=S) groups is 1. The summed E-state index contributed by atoms with van der Waals surface area (Å²) < 4.78 is 1.98. The fourth-order valence-corrected chi connectivity index (χ4v) is 1.71. The lowest BCUT2D eigenvalue weighted by Gasteiger charge is -2.06. The number of nitrogens with one attached hydrogen (secondary N) is 1. The highest BCUT2D eigenvalue weighted by atomic mass is 127. The van der Waals surface area contributed by atoms with Crippen LogP contribution in [0.1, 0.15) is 5.56 Å². The summed E-state index contributed by atoms with van der Waals surface area (Å²) in [7, 11) is 1.98. The monoisotopic (exact) mass is 356 g/mol. The van der Waals surface area contributed by atoms with Crippen LogP contribution in [-0.4, -0.2) is 4.99 Å². The smallest absolute Gasteiger partial charge is 0.192 e. The van der Waals surface area contributed by atoms with E-state index in [4.69, 9.17) is 12.2 Å². The fourth-order valence-electron chi connectivity index (χ4n) is 1.45. The topological polar surface area (TPSA) is 15.9 Å². The van der Waals surface area contributed by atoms with Crippen molar-refractivity contribution < 1.29 is 28.5 Å². The molecule has 0 unspecified atom stereocenters. The van der Waals surface area contributed by atoms with Gasteiger partial charge >= 0.3 is 0 Å². The Kier molecular flexibility index (Phi) is 5.50. The first kappa shape index (κ1) is 14.1. The molecule has 1 heterocycles. The first-order valence-corrected chi connectivity index (χ1v) is 5.48. The summed E-state index contributed by atoms with van der Waals surface area (Å²) in [6, 6.07) is 13.9. The highest BCUT2D eigenvalue weighted by Crippen LogP contribution is 2.07. The first-order valence-electron chi connectivity index (χ1n) is 5.07. The van der Waals surface area contributed by atoms with Crippen LogP contribution in [-0.2, 0) is 7.05 Å². The minimum absolute atomic E-state index is 0. The van der Waals surface area contributed by atoms with Crippen molar-refractivity contribution in [1.29, 1.82) is 0 Å². The third kappa shape index (κ3) is 4.05. The van der Waals surface area contributed by atoms with Gasteiger partial charge in [-0.1, -0.05) is 42.5 Å². The quantitative estimate of drug-likeness (QED) is 0.435. The summed E-state index contributed by atoms with van der Waals surface area (Å²) in [4.78, 5) is 0.742. The zero-order valence-corrected chi connectivity index (χ0v) is 12.4. The molecule has 0 aliphatic carbocycles. The molecule has 0 fully saturated rings. The van der Waals surface area contributed by atoms with Gasteiger partial charge in [0, 0.05) is 11.6 Å². The zero-order chi connectivity index (χ0) is 11.4. The molecule has 1 N–H and O–H groups in total. The number of pyridine rings is 1. The lowest BCUT2D eigenvalue weighted by atomic mass is 10.2. The predicted molar refractivity (Wildman–Crippen MR) is 69.4 cm³/mol. The Labute approximate surface area is 124 Å². The van der Waals surface area contributed by atoms with E-state index in [1.165, 1.54) is 0 Å². The Morgan fingerprint density at radius 3 is 2.47 bits per heavy atom. The maximum absolute atomic E-state index is 5.33. The molecule has 17 heavy (non-hydrogen) atoms. The maximum atomic E-state index is 5.33. The molecule has 0 saturated carbocycles. The lowest BCUT2D eigenvalue weighted by Crippen LogP contribution is -3.00. The van der Waals surface area contributed by atoms with Crippen LogP contribution >= 0.6 is 12.2 Å². The number of hydrogen-bond acceptors (Lipinski definition) is 1. The van der Waals surface area contributed by atoms with Crippen LogP contribution < -0.4 is 33.9 Å². The molecule has 0 bridgehead atoms. The van der Waals surface area contributed by atoms with Gasteiger partial charge < -0.3 is 29.3 Å². The maximum Gasteiger partial charge on any atom is 0.192 e. The second-order valence-corrected chi connectivity index (χ2v) is 3.99. The van der Waals surface area contributed by atoms with Crippen LogP contribution in [0.2, 0.25) is 0 Å². The Bertz CT molecular complexity index is 500. The van der Waals surface area contributed by atoms with Crippen LogP contribution in [0.15, 0.2) is 54.9 Å². The molecular formula is C13H13IN2S. The molecule has 0 aliphatic rings. The van der Waals surface area contributed by atoms with E-state index in [2.05, 4.69) is 5.32 Å². The number of hydrogen-bond donors (Lipinski definition) is 1. The van der Waals surface area contributed by atoms with E-state index in [0.717, 1.165) is 16.2 Å². The van der Waals surface area contributed by atoms with Crippen LogP contribution in [0.3, 0.4) is 0 Å². The van der Waals surface area contributed by atoms with E-state index in [-0.39, 0.29) is 24.0 Å². The molecule has 1 aromatic carbocycles. The molecule has 4 heteroatoms. The zero-order valence-electron chi connectivity index (χ0n) is 9.43. The number of aromatic nitrogens is 1. The van der Waals surface area contributed by atoms with Crippen LogP contribution in [0.5, 0.6) is 0 Å². The average Bonchev–Trinajstić information content (AvgIpc) is 2.30. The van der Waals surface area contributed by atoms with Crippen molar-refractivity contribution in [2.24, 2.45) is 7.05 Å². The van der Waals surface area contributed by atoms with E-state index in [0.29, 0.717) is 0 Å². The Morgan fingerprint density at radius 1 is 1.12 bits per heavy atom. The van der Waals surface area contributed by atoms with E-state index in [9.17, 15) is 0 Å². The molecule has 2 rings (SSSR count). The van der Waals surface area contributed by atoms with Gasteiger partial charge in [0.2, 0.25) is 0 Å². The summed E-state index contributed by atoms with van der Waals surface area (Å²) in [5.41, 5.74) is 2.03. The second kappa shape index (κ2) is 6.66. The molecule has 0 aliphatic heterocycles. The van der Waals surface area contributed by atoms with Crippen LogP contribution in [0.25, 0.3) is 0 Å². The van der Waals surface area contributed by atoms with Crippen molar-refractivity contribution >= 4 is 22.9 Å². The van der Waals surface area contributed by atoms with Gasteiger partial charge in [0.25, 0.3) is 0 Å². The van der Waals surface area contributed by atoms with Gasteiger partial charge in [-0.25, -0.2) is 4.57 Å². The first-order chi connectivity index (χ1) is 7.75. The molecule has 88 valence electrons. The van der Waals surface area contributed by atoms with E-state index in [1.54, 1.807) is 0 Å². The number of nitrogens with zero attached hydrogens (tertiary/aromatic N) is 1. The van der Waals surface area contributed by atoms with Crippen LogP contribution in [0, 0.1) is 0 Å². The molecule has 2 nitrogen and oxygen atoms in total. The molecule has 0 amide bonds. The number of anilines is 1. The van der Waals surface area contributed by atoms with Crippen molar-refractivity contribution in [3.8, 4) is 0 Å². The Balaban J connectivity index is 0.00000144. The van der Waals surface area contributed by atoms with E-state index in [1.807, 2.05) is 66.5 Å². The standard InChI is InChI=1S/C13H12N2S.HI/c1-15-9-5-8-12(10-15)14-13(16)11-6-3-2-4-7-11;/h2-10H,1H3;1H. The van der Waals surface area contributed by atoms with E-state index >= 15 is 0 Å². The summed E-state index contributed by atoms with van der Waals surface area (Å²) in [5.74, 6) is 0. The fraction of sp³-hybridized carbons (Fsp3) is 0.0769. The van der Waals surface area contributed by atoms with Crippen molar-refractivity contribution in [2.45, 2.75) is 0 Å². The highest BCUT2D eigenvalue weighted by molar-refractivity contribution is 7.81. The molecule has 0 radical (unpaired) electrons. The number of halogens is 1. The molecule has 0 saturated heterocycles. The van der Waals surface area contributed by atoms with Crippen molar-refractivity contribution in [3.63, 3.8) is 0 Å². The largest absolute Gasteiger partial charge is 1.00 e. The van der Waals surface area contributed by atoms with Gasteiger partial charge in [0.05, 0.1) is 0 Å². The number of benzene rings is 1. The summed E-state index contributed by atoms with van der Waals surface area (Å²) in [6.45, 7) is 0. The Morgan fingerprint density at radius 2 is 1.82 bits per heavy atom. The second-order valence-electron chi connectivity index (χ2n) is 3.58. The highest BCUT2D eigenvalue weighted by Gasteiger charge is 2.02. The molecular weight excluding hydrogens is 343 g/mol. The Hall–Kier alpha value is -1.01. The van der Waals surface area contributed by atoms with Crippen molar-refractivity contribution in [1.82, 2.24) is 0 Å². The van der Waals surface area contributed by atoms with Gasteiger partial charge in [-0.05, 0) is 6.07 Å². The van der Waals surface area contributed by atoms with Crippen LogP contribution in [0.4, 0.5) is 5.69 Å². The minimum Gasteiger partial charge on any atom is -1.00 e. The van der Waals surface area contributed by atoms with Gasteiger partial charge in [-0.3, -0.25) is 0 Å².